The Kier molecular flexibility index (Phi) is 13.3. The Hall–Kier alpha value is -2.69. The maximum atomic E-state index is 12.9. The Morgan fingerprint density at radius 3 is 1.70 bits per heavy atom. The lowest BCUT2D eigenvalue weighted by Gasteiger charge is -2.28. The zero-order chi connectivity index (χ0) is 25.9. The zero-order valence-corrected chi connectivity index (χ0v) is 20.4. The number of carbonyl (C=O) groups excluding carboxylic acids is 3. The summed E-state index contributed by atoms with van der Waals surface area (Å²) in [6.45, 7) is 10.5. The number of hydrogen-bond donors (Lipinski definition) is 6. The second-order valence-corrected chi connectivity index (χ2v) is 8.85. The number of carboxylic acids is 2. The van der Waals surface area contributed by atoms with E-state index in [0.29, 0.717) is 12.8 Å². The fraction of sp³-hybridized carbons (Fsp3) is 0.773. The van der Waals surface area contributed by atoms with Crippen molar-refractivity contribution in [1.82, 2.24) is 16.0 Å². The average molecular weight is 473 g/mol. The standard InChI is InChI=1S/C22H40N4O7/c1-7-12(5)16(23)20(30)24-14(9-10-15(27)28)19(29)25-17(11(3)4)21(31)26-18(22(32)33)13(6)8-2/h11-14,16-18H,7-10,23H2,1-6H3,(H,24,30)(H,25,29)(H,26,31)(H,27,28)(H,32,33). The van der Waals surface area contributed by atoms with Crippen LogP contribution >= 0.6 is 0 Å². The van der Waals surface area contributed by atoms with Crippen LogP contribution in [0.4, 0.5) is 0 Å². The maximum absolute atomic E-state index is 12.9. The summed E-state index contributed by atoms with van der Waals surface area (Å²) in [5.41, 5.74) is 5.92. The molecular weight excluding hydrogens is 432 g/mol. The van der Waals surface area contributed by atoms with Gasteiger partial charge in [0, 0.05) is 6.42 Å². The first-order valence-electron chi connectivity index (χ1n) is 11.4. The number of amides is 3. The van der Waals surface area contributed by atoms with Crippen LogP contribution in [0.2, 0.25) is 0 Å². The Labute approximate surface area is 195 Å². The number of aliphatic carboxylic acids is 2. The molecule has 0 aliphatic carbocycles. The third kappa shape index (κ3) is 10.2. The van der Waals surface area contributed by atoms with Crippen LogP contribution in [-0.4, -0.2) is 64.0 Å². The predicted octanol–water partition coefficient (Wildman–Crippen LogP) is 0.466. The average Bonchev–Trinajstić information content (AvgIpc) is 2.75. The van der Waals surface area contributed by atoms with Crippen molar-refractivity contribution in [3.63, 3.8) is 0 Å². The summed E-state index contributed by atoms with van der Waals surface area (Å²) in [4.78, 5) is 60.8. The van der Waals surface area contributed by atoms with Crippen molar-refractivity contribution in [2.75, 3.05) is 0 Å². The summed E-state index contributed by atoms with van der Waals surface area (Å²) in [5, 5.41) is 25.9. The van der Waals surface area contributed by atoms with Crippen molar-refractivity contribution in [3.05, 3.63) is 0 Å². The molecule has 6 unspecified atom stereocenters. The number of nitrogens with two attached hydrogens (primary N) is 1. The van der Waals surface area contributed by atoms with Gasteiger partial charge in [-0.1, -0.05) is 54.4 Å². The summed E-state index contributed by atoms with van der Waals surface area (Å²) >= 11 is 0. The third-order valence-corrected chi connectivity index (χ3v) is 5.86. The molecule has 0 aliphatic rings. The molecule has 190 valence electrons. The van der Waals surface area contributed by atoms with Gasteiger partial charge < -0.3 is 31.9 Å². The quantitative estimate of drug-likeness (QED) is 0.198. The third-order valence-electron chi connectivity index (χ3n) is 5.86. The summed E-state index contributed by atoms with van der Waals surface area (Å²) in [5.74, 6) is -5.24. The van der Waals surface area contributed by atoms with E-state index in [-0.39, 0.29) is 24.7 Å². The normalized spacial score (nSPS) is 16.6. The molecule has 0 saturated carbocycles. The van der Waals surface area contributed by atoms with Gasteiger partial charge in [-0.2, -0.15) is 0 Å². The molecule has 0 spiro atoms. The van der Waals surface area contributed by atoms with Gasteiger partial charge in [-0.25, -0.2) is 4.79 Å². The van der Waals surface area contributed by atoms with E-state index in [1.807, 2.05) is 6.92 Å². The maximum Gasteiger partial charge on any atom is 0.326 e. The topological polar surface area (TPSA) is 188 Å². The van der Waals surface area contributed by atoms with E-state index in [1.54, 1.807) is 34.6 Å². The van der Waals surface area contributed by atoms with Crippen LogP contribution < -0.4 is 21.7 Å². The van der Waals surface area contributed by atoms with Crippen LogP contribution in [0.1, 0.15) is 67.2 Å². The van der Waals surface area contributed by atoms with E-state index in [2.05, 4.69) is 16.0 Å². The van der Waals surface area contributed by atoms with Gasteiger partial charge in [0.2, 0.25) is 17.7 Å². The van der Waals surface area contributed by atoms with E-state index in [1.165, 1.54) is 0 Å². The van der Waals surface area contributed by atoms with Crippen LogP contribution in [0.15, 0.2) is 0 Å². The number of rotatable bonds is 15. The molecule has 3 amide bonds. The highest BCUT2D eigenvalue weighted by Gasteiger charge is 2.33. The molecule has 0 fully saturated rings. The Morgan fingerprint density at radius 1 is 0.758 bits per heavy atom. The molecule has 0 rings (SSSR count). The molecule has 11 heteroatoms. The highest BCUT2D eigenvalue weighted by molar-refractivity contribution is 5.94. The lowest BCUT2D eigenvalue weighted by atomic mass is 9.97. The van der Waals surface area contributed by atoms with E-state index in [0.717, 1.165) is 0 Å². The minimum atomic E-state index is -1.22. The molecule has 0 aliphatic heterocycles. The van der Waals surface area contributed by atoms with Crippen LogP contribution in [0.25, 0.3) is 0 Å². The number of carboxylic acid groups (broad SMARTS) is 2. The van der Waals surface area contributed by atoms with Gasteiger partial charge in [0.05, 0.1) is 6.04 Å². The predicted molar refractivity (Wildman–Crippen MR) is 122 cm³/mol. The summed E-state index contributed by atoms with van der Waals surface area (Å²) in [7, 11) is 0. The molecule has 6 atom stereocenters. The van der Waals surface area contributed by atoms with Crippen LogP contribution in [0.5, 0.6) is 0 Å². The van der Waals surface area contributed by atoms with Gasteiger partial charge in [0.15, 0.2) is 0 Å². The van der Waals surface area contributed by atoms with Crippen LogP contribution in [-0.2, 0) is 24.0 Å². The lowest BCUT2D eigenvalue weighted by molar-refractivity contribution is -0.144. The van der Waals surface area contributed by atoms with Crippen molar-refractivity contribution >= 4 is 29.7 Å². The molecule has 11 nitrogen and oxygen atoms in total. The van der Waals surface area contributed by atoms with Gasteiger partial charge in [-0.15, -0.1) is 0 Å². The van der Waals surface area contributed by atoms with Crippen molar-refractivity contribution in [2.24, 2.45) is 23.5 Å². The molecule has 0 heterocycles. The fourth-order valence-corrected chi connectivity index (χ4v) is 3.03. The van der Waals surface area contributed by atoms with Gasteiger partial charge in [0.1, 0.15) is 18.1 Å². The van der Waals surface area contributed by atoms with E-state index in [4.69, 9.17) is 10.8 Å². The Morgan fingerprint density at radius 2 is 1.27 bits per heavy atom. The highest BCUT2D eigenvalue weighted by Crippen LogP contribution is 2.11. The molecule has 0 saturated heterocycles. The zero-order valence-electron chi connectivity index (χ0n) is 20.4. The van der Waals surface area contributed by atoms with Gasteiger partial charge >= 0.3 is 11.9 Å². The Bertz CT molecular complexity index is 698. The highest BCUT2D eigenvalue weighted by atomic mass is 16.4. The van der Waals surface area contributed by atoms with Gasteiger partial charge in [0.25, 0.3) is 0 Å². The SMILES string of the molecule is CCC(C)C(N)C(=O)NC(CCC(=O)O)C(=O)NC(C(=O)NC(C(=O)O)C(C)CC)C(C)C. The Balaban J connectivity index is 5.57. The molecular formula is C22H40N4O7. The molecule has 0 radical (unpaired) electrons. The van der Waals surface area contributed by atoms with E-state index >= 15 is 0 Å². The fourth-order valence-electron chi connectivity index (χ4n) is 3.03. The first kappa shape index (κ1) is 30.3. The van der Waals surface area contributed by atoms with Gasteiger partial charge in [-0.3, -0.25) is 19.2 Å². The van der Waals surface area contributed by atoms with E-state index < -0.39 is 59.7 Å². The molecule has 0 aromatic carbocycles. The summed E-state index contributed by atoms with van der Waals surface area (Å²) < 4.78 is 0. The number of nitrogens with one attached hydrogen (secondary N) is 3. The van der Waals surface area contributed by atoms with E-state index in [9.17, 15) is 29.1 Å². The smallest absolute Gasteiger partial charge is 0.326 e. The van der Waals surface area contributed by atoms with Crippen LogP contribution in [0.3, 0.4) is 0 Å². The molecule has 0 aromatic heterocycles. The second kappa shape index (κ2) is 14.5. The molecule has 7 N–H and O–H groups in total. The molecule has 0 bridgehead atoms. The number of hydrogen-bond acceptors (Lipinski definition) is 6. The first-order valence-corrected chi connectivity index (χ1v) is 11.4. The van der Waals surface area contributed by atoms with Crippen molar-refractivity contribution in [1.29, 1.82) is 0 Å². The lowest BCUT2D eigenvalue weighted by Crippen LogP contribution is -2.59. The second-order valence-electron chi connectivity index (χ2n) is 8.85. The number of carbonyl (C=O) groups is 5. The minimum Gasteiger partial charge on any atom is -0.481 e. The molecule has 33 heavy (non-hydrogen) atoms. The molecule has 0 aromatic rings. The van der Waals surface area contributed by atoms with Crippen LogP contribution in [0, 0.1) is 17.8 Å². The largest absolute Gasteiger partial charge is 0.481 e. The monoisotopic (exact) mass is 472 g/mol. The van der Waals surface area contributed by atoms with Crippen molar-refractivity contribution < 1.29 is 34.2 Å². The van der Waals surface area contributed by atoms with Crippen molar-refractivity contribution in [2.45, 2.75) is 91.4 Å². The first-order chi connectivity index (χ1) is 15.3. The summed E-state index contributed by atoms with van der Waals surface area (Å²) in [6, 6.07) is -4.32. The summed E-state index contributed by atoms with van der Waals surface area (Å²) in [6.07, 6.45) is 0.578. The van der Waals surface area contributed by atoms with Crippen molar-refractivity contribution in [3.8, 4) is 0 Å². The minimum absolute atomic E-state index is 0.157. The van der Waals surface area contributed by atoms with Gasteiger partial charge in [-0.05, 0) is 24.2 Å².